The molecule has 0 radical (unpaired) electrons. The summed E-state index contributed by atoms with van der Waals surface area (Å²) < 4.78 is 11.3. The van der Waals surface area contributed by atoms with Crippen molar-refractivity contribution in [3.05, 3.63) is 24.3 Å². The summed E-state index contributed by atoms with van der Waals surface area (Å²) in [6, 6.07) is -0.801. The Bertz CT molecular complexity index is 1170. The Morgan fingerprint density at radius 2 is 0.789 bits per heavy atom. The fourth-order valence-electron chi connectivity index (χ4n) is 10.1. The van der Waals surface area contributed by atoms with E-state index in [1.165, 1.54) is 250 Å². The van der Waals surface area contributed by atoms with Crippen molar-refractivity contribution in [1.82, 2.24) is 5.32 Å². The molecule has 7 unspecified atom stereocenters. The number of hydrogen-bond donors (Lipinski definition) is 6. The number of amides is 1. The van der Waals surface area contributed by atoms with Crippen LogP contribution in [0.3, 0.4) is 0 Å². The molecule has 0 aromatic heterocycles. The van der Waals surface area contributed by atoms with Crippen LogP contribution in [0.5, 0.6) is 0 Å². The van der Waals surface area contributed by atoms with Crippen LogP contribution in [0.4, 0.5) is 0 Å². The predicted molar refractivity (Wildman–Crippen MR) is 300 cm³/mol. The number of nitrogens with one attached hydrogen (secondary N) is 1. The van der Waals surface area contributed by atoms with E-state index in [4.69, 9.17) is 9.47 Å². The van der Waals surface area contributed by atoms with E-state index in [9.17, 15) is 30.3 Å². The normalized spacial score (nSPS) is 19.3. The van der Waals surface area contributed by atoms with Gasteiger partial charge in [-0.15, -0.1) is 0 Å². The first kappa shape index (κ1) is 67.7. The first-order valence-corrected chi connectivity index (χ1v) is 31.1. The highest BCUT2D eigenvalue weighted by Gasteiger charge is 2.44. The van der Waals surface area contributed by atoms with Crippen LogP contribution in [0.1, 0.15) is 309 Å². The molecule has 1 saturated heterocycles. The van der Waals surface area contributed by atoms with Crippen molar-refractivity contribution in [1.29, 1.82) is 0 Å². The van der Waals surface area contributed by atoms with Gasteiger partial charge in [-0.1, -0.05) is 282 Å². The zero-order valence-electron chi connectivity index (χ0n) is 46.8. The zero-order valence-corrected chi connectivity index (χ0v) is 46.8. The maximum absolute atomic E-state index is 13.1. The summed E-state index contributed by atoms with van der Waals surface area (Å²) in [5.74, 6) is -0.171. The van der Waals surface area contributed by atoms with Crippen LogP contribution >= 0.6 is 0 Å². The number of rotatable bonds is 54. The quantitative estimate of drug-likeness (QED) is 0.0261. The average molecular weight is 1010 g/mol. The average Bonchev–Trinajstić information content (AvgIpc) is 3.37. The third kappa shape index (κ3) is 41.6. The summed E-state index contributed by atoms with van der Waals surface area (Å²) in [4.78, 5) is 13.1. The van der Waals surface area contributed by atoms with Gasteiger partial charge in [-0.25, -0.2) is 0 Å². The van der Waals surface area contributed by atoms with Crippen molar-refractivity contribution in [3.8, 4) is 0 Å². The lowest BCUT2D eigenvalue weighted by Gasteiger charge is -2.40. The molecule has 1 aliphatic heterocycles. The fraction of sp³-hybridized carbons (Fsp3) is 0.919. The topological polar surface area (TPSA) is 149 Å². The van der Waals surface area contributed by atoms with Gasteiger partial charge in [-0.3, -0.25) is 4.79 Å². The van der Waals surface area contributed by atoms with Gasteiger partial charge in [0, 0.05) is 6.42 Å². The molecule has 1 amide bonds. The standard InChI is InChI=1S/C62H119NO8/c1-3-5-7-9-11-13-15-17-19-20-21-22-23-24-25-26-27-28-29-30-31-32-33-34-35-36-38-40-42-44-46-48-50-52-58(66)63-55(54-70-62-61(69)60(68)59(67)57(53-64)71-62)56(65)51-49-47-45-43-41-39-37-18-16-14-12-10-8-6-4-2/h20-21,49,51,55-57,59-62,64-65,67-69H,3-19,22-48,50,52-54H2,1-2H3,(H,63,66)/b21-20-,51-49+. The third-order valence-electron chi connectivity index (χ3n) is 15.0. The van der Waals surface area contributed by atoms with Gasteiger partial charge >= 0.3 is 0 Å². The van der Waals surface area contributed by atoms with Crippen LogP contribution in [-0.4, -0.2) is 87.5 Å². The number of allylic oxidation sites excluding steroid dienone is 3. The fourth-order valence-corrected chi connectivity index (χ4v) is 10.1. The second kappa shape index (κ2) is 52.1. The van der Waals surface area contributed by atoms with Crippen molar-refractivity contribution in [2.24, 2.45) is 0 Å². The van der Waals surface area contributed by atoms with Crippen LogP contribution in [0.2, 0.25) is 0 Å². The summed E-state index contributed by atoms with van der Waals surface area (Å²) in [6.45, 7) is 3.81. The van der Waals surface area contributed by atoms with Gasteiger partial charge in [0.05, 0.1) is 25.4 Å². The van der Waals surface area contributed by atoms with Crippen LogP contribution in [0, 0.1) is 0 Å². The molecule has 1 rings (SSSR count). The maximum atomic E-state index is 13.1. The first-order chi connectivity index (χ1) is 34.8. The van der Waals surface area contributed by atoms with Gasteiger partial charge in [-0.05, 0) is 44.9 Å². The molecular weight excluding hydrogens is 887 g/mol. The van der Waals surface area contributed by atoms with Gasteiger partial charge in [0.1, 0.15) is 24.4 Å². The number of ether oxygens (including phenoxy) is 2. The molecule has 9 nitrogen and oxygen atoms in total. The molecule has 0 aromatic carbocycles. The molecule has 1 aliphatic rings. The van der Waals surface area contributed by atoms with Crippen molar-refractivity contribution in [3.63, 3.8) is 0 Å². The summed E-state index contributed by atoms with van der Waals surface area (Å²) in [5, 5.41) is 54.5. The third-order valence-corrected chi connectivity index (χ3v) is 15.0. The van der Waals surface area contributed by atoms with Crippen molar-refractivity contribution < 1.29 is 39.8 Å². The number of carbonyl (C=O) groups is 1. The Balaban J connectivity index is 2.10. The van der Waals surface area contributed by atoms with Crippen LogP contribution in [0.15, 0.2) is 24.3 Å². The van der Waals surface area contributed by atoms with E-state index in [1.807, 2.05) is 6.08 Å². The Hall–Kier alpha value is -1.33. The van der Waals surface area contributed by atoms with Crippen LogP contribution in [0.25, 0.3) is 0 Å². The lowest BCUT2D eigenvalue weighted by Crippen LogP contribution is -2.60. The second-order valence-electron chi connectivity index (χ2n) is 21.9. The van der Waals surface area contributed by atoms with Crippen LogP contribution < -0.4 is 5.32 Å². The Morgan fingerprint density at radius 1 is 0.465 bits per heavy atom. The molecule has 0 saturated carbocycles. The van der Waals surface area contributed by atoms with Gasteiger partial charge in [0.2, 0.25) is 5.91 Å². The Kier molecular flexibility index (Phi) is 49.7. The number of hydrogen-bond acceptors (Lipinski definition) is 8. The van der Waals surface area contributed by atoms with Crippen LogP contribution in [-0.2, 0) is 14.3 Å². The highest BCUT2D eigenvalue weighted by atomic mass is 16.7. The lowest BCUT2D eigenvalue weighted by molar-refractivity contribution is -0.302. The molecule has 7 atom stereocenters. The van der Waals surface area contributed by atoms with E-state index in [-0.39, 0.29) is 12.5 Å². The van der Waals surface area contributed by atoms with E-state index >= 15 is 0 Å². The molecule has 6 N–H and O–H groups in total. The Labute approximate surface area is 439 Å². The molecular formula is C62H119NO8. The molecule has 1 heterocycles. The number of aliphatic hydroxyl groups excluding tert-OH is 5. The van der Waals surface area contributed by atoms with Gasteiger partial charge in [0.15, 0.2) is 6.29 Å². The summed E-state index contributed by atoms with van der Waals surface area (Å²) >= 11 is 0. The molecule has 0 bridgehead atoms. The minimum absolute atomic E-state index is 0.171. The van der Waals surface area contributed by atoms with E-state index in [1.54, 1.807) is 6.08 Å². The molecule has 9 heteroatoms. The maximum Gasteiger partial charge on any atom is 0.220 e. The van der Waals surface area contributed by atoms with Crippen molar-refractivity contribution in [2.45, 2.75) is 352 Å². The largest absolute Gasteiger partial charge is 0.394 e. The monoisotopic (exact) mass is 1010 g/mol. The smallest absolute Gasteiger partial charge is 0.220 e. The molecule has 0 aromatic rings. The van der Waals surface area contributed by atoms with E-state index in [0.29, 0.717) is 6.42 Å². The number of carbonyl (C=O) groups excluding carboxylic acids is 1. The van der Waals surface area contributed by atoms with Gasteiger partial charge in [0.25, 0.3) is 0 Å². The SMILES string of the molecule is CCCCCCCCCC/C=C\CCCCCCCCCCCCCCCCCCCCCCCC(=O)NC(COC1OC(CO)C(O)C(O)C1O)C(O)/C=C/CCCCCCCCCCCCCCC. The molecule has 420 valence electrons. The van der Waals surface area contributed by atoms with Gasteiger partial charge in [-0.2, -0.15) is 0 Å². The molecule has 71 heavy (non-hydrogen) atoms. The van der Waals surface area contributed by atoms with Crippen molar-refractivity contribution in [2.75, 3.05) is 13.2 Å². The van der Waals surface area contributed by atoms with E-state index in [0.717, 1.165) is 38.5 Å². The molecule has 0 spiro atoms. The predicted octanol–water partition coefficient (Wildman–Crippen LogP) is 15.7. The molecule has 0 aliphatic carbocycles. The lowest BCUT2D eigenvalue weighted by atomic mass is 9.99. The van der Waals surface area contributed by atoms with Crippen molar-refractivity contribution >= 4 is 5.91 Å². The van der Waals surface area contributed by atoms with E-state index in [2.05, 4.69) is 31.3 Å². The minimum Gasteiger partial charge on any atom is -0.394 e. The zero-order chi connectivity index (χ0) is 51.5. The minimum atomic E-state index is -1.56. The first-order valence-electron chi connectivity index (χ1n) is 31.1. The second-order valence-corrected chi connectivity index (χ2v) is 21.9. The Morgan fingerprint density at radius 3 is 1.14 bits per heavy atom. The summed E-state index contributed by atoms with van der Waals surface area (Å²) in [6.07, 6.45) is 59.8. The van der Waals surface area contributed by atoms with E-state index < -0.39 is 49.5 Å². The summed E-state index contributed by atoms with van der Waals surface area (Å²) in [7, 11) is 0. The molecule has 1 fully saturated rings. The highest BCUT2D eigenvalue weighted by Crippen LogP contribution is 2.23. The highest BCUT2D eigenvalue weighted by molar-refractivity contribution is 5.76. The van der Waals surface area contributed by atoms with Gasteiger partial charge < -0.3 is 40.3 Å². The summed E-state index contributed by atoms with van der Waals surface area (Å²) in [5.41, 5.74) is 0. The number of aliphatic hydroxyl groups is 5. The number of unbranched alkanes of at least 4 members (excludes halogenated alkanes) is 42.